The summed E-state index contributed by atoms with van der Waals surface area (Å²) in [5.41, 5.74) is 1.66. The van der Waals surface area contributed by atoms with Crippen molar-refractivity contribution in [1.82, 2.24) is 10.3 Å². The highest BCUT2D eigenvalue weighted by atomic mass is 16.5. The summed E-state index contributed by atoms with van der Waals surface area (Å²) in [5.74, 6) is -0.759. The van der Waals surface area contributed by atoms with Crippen molar-refractivity contribution in [3.05, 3.63) is 48.2 Å². The van der Waals surface area contributed by atoms with Crippen LogP contribution in [0, 0.1) is 0 Å². The molecule has 142 valence electrons. The van der Waals surface area contributed by atoms with Gasteiger partial charge in [0, 0.05) is 29.3 Å². The number of hydrogen-bond acceptors (Lipinski definition) is 4. The first-order chi connectivity index (χ1) is 13.2. The second-order valence-corrected chi connectivity index (χ2v) is 6.97. The van der Waals surface area contributed by atoms with Crippen LogP contribution < -0.4 is 5.32 Å². The maximum absolute atomic E-state index is 12.0. The number of esters is 1. The van der Waals surface area contributed by atoms with E-state index in [1.807, 2.05) is 30.3 Å². The average Bonchev–Trinajstić information content (AvgIpc) is 2.66. The minimum Gasteiger partial charge on any atom is -0.452 e. The lowest BCUT2D eigenvalue weighted by Crippen LogP contribution is -2.37. The molecule has 1 saturated carbocycles. The third-order valence-corrected chi connectivity index (χ3v) is 4.88. The Morgan fingerprint density at radius 3 is 2.63 bits per heavy atom. The topological polar surface area (TPSA) is 68.3 Å². The SMILES string of the molecule is O=C(COC(=O)/C=C/c1cccc2cccnc12)NC1CCCCCCC1. The van der Waals surface area contributed by atoms with E-state index in [0.717, 1.165) is 42.1 Å². The maximum Gasteiger partial charge on any atom is 0.331 e. The van der Waals surface area contributed by atoms with Gasteiger partial charge in [0.25, 0.3) is 5.91 Å². The first-order valence-corrected chi connectivity index (χ1v) is 9.70. The number of benzene rings is 1. The van der Waals surface area contributed by atoms with Crippen molar-refractivity contribution in [2.24, 2.45) is 0 Å². The third kappa shape index (κ3) is 5.91. The Kier molecular flexibility index (Phi) is 6.97. The summed E-state index contributed by atoms with van der Waals surface area (Å²) < 4.78 is 5.08. The molecule has 1 fully saturated rings. The summed E-state index contributed by atoms with van der Waals surface area (Å²) in [6.07, 6.45) is 12.8. The number of carbonyl (C=O) groups is 2. The van der Waals surface area contributed by atoms with E-state index in [1.165, 1.54) is 25.3 Å². The van der Waals surface area contributed by atoms with Gasteiger partial charge in [-0.25, -0.2) is 4.79 Å². The number of hydrogen-bond donors (Lipinski definition) is 1. The number of nitrogens with one attached hydrogen (secondary N) is 1. The minimum absolute atomic E-state index is 0.203. The molecule has 0 radical (unpaired) electrons. The predicted molar refractivity (Wildman–Crippen MR) is 106 cm³/mol. The van der Waals surface area contributed by atoms with E-state index in [-0.39, 0.29) is 18.6 Å². The Bertz CT molecular complexity index is 803. The van der Waals surface area contributed by atoms with Crippen LogP contribution >= 0.6 is 0 Å². The van der Waals surface area contributed by atoms with Crippen LogP contribution in [0.2, 0.25) is 0 Å². The standard InChI is InChI=1S/C22H26N2O3/c25-20(24-19-11-4-2-1-3-5-12-19)16-27-21(26)14-13-18-9-6-8-17-10-7-15-23-22(17)18/h6-10,13-15,19H,1-5,11-12,16H2,(H,24,25)/b14-13+. The molecule has 0 saturated heterocycles. The van der Waals surface area contributed by atoms with Crippen LogP contribution in [-0.2, 0) is 14.3 Å². The van der Waals surface area contributed by atoms with Gasteiger partial charge in [-0.1, -0.05) is 56.4 Å². The summed E-state index contributed by atoms with van der Waals surface area (Å²) >= 11 is 0. The normalized spacial score (nSPS) is 16.0. The largest absolute Gasteiger partial charge is 0.452 e. The molecule has 1 aliphatic carbocycles. The van der Waals surface area contributed by atoms with Gasteiger partial charge >= 0.3 is 5.97 Å². The second-order valence-electron chi connectivity index (χ2n) is 6.97. The number of para-hydroxylation sites is 1. The summed E-state index contributed by atoms with van der Waals surface area (Å²) in [6.45, 7) is -0.243. The van der Waals surface area contributed by atoms with Crippen LogP contribution in [0.25, 0.3) is 17.0 Å². The van der Waals surface area contributed by atoms with E-state index in [1.54, 1.807) is 12.3 Å². The van der Waals surface area contributed by atoms with Crippen LogP contribution in [-0.4, -0.2) is 29.5 Å². The molecule has 0 spiro atoms. The van der Waals surface area contributed by atoms with Gasteiger partial charge in [-0.05, 0) is 25.0 Å². The Labute approximate surface area is 159 Å². The van der Waals surface area contributed by atoms with Gasteiger partial charge in [-0.3, -0.25) is 9.78 Å². The molecule has 5 heteroatoms. The Morgan fingerprint density at radius 1 is 1.07 bits per heavy atom. The lowest BCUT2D eigenvalue weighted by molar-refractivity contribution is -0.144. The van der Waals surface area contributed by atoms with E-state index in [4.69, 9.17) is 4.74 Å². The molecule has 1 N–H and O–H groups in total. The minimum atomic E-state index is -0.532. The number of fused-ring (bicyclic) bond motifs is 1. The van der Waals surface area contributed by atoms with Crippen LogP contribution in [0.15, 0.2) is 42.6 Å². The highest BCUT2D eigenvalue weighted by Crippen LogP contribution is 2.18. The first kappa shape index (κ1) is 19.1. The number of carbonyl (C=O) groups excluding carboxylic acids is 2. The van der Waals surface area contributed by atoms with Crippen molar-refractivity contribution >= 4 is 28.9 Å². The molecule has 1 heterocycles. The Balaban J connectivity index is 1.48. The molecular weight excluding hydrogens is 340 g/mol. The lowest BCUT2D eigenvalue weighted by atomic mass is 9.97. The van der Waals surface area contributed by atoms with E-state index in [2.05, 4.69) is 10.3 Å². The fraction of sp³-hybridized carbons (Fsp3) is 0.409. The maximum atomic E-state index is 12.0. The molecule has 5 nitrogen and oxygen atoms in total. The van der Waals surface area contributed by atoms with Crippen LogP contribution in [0.4, 0.5) is 0 Å². The van der Waals surface area contributed by atoms with Crippen molar-refractivity contribution in [2.75, 3.05) is 6.61 Å². The molecule has 0 unspecified atom stereocenters. The van der Waals surface area contributed by atoms with E-state index in [0.29, 0.717) is 0 Å². The molecule has 0 aliphatic heterocycles. The zero-order valence-corrected chi connectivity index (χ0v) is 15.5. The van der Waals surface area contributed by atoms with Gasteiger partial charge in [0.15, 0.2) is 6.61 Å². The average molecular weight is 366 g/mol. The smallest absolute Gasteiger partial charge is 0.331 e. The molecule has 1 aromatic heterocycles. The van der Waals surface area contributed by atoms with E-state index >= 15 is 0 Å². The number of amides is 1. The van der Waals surface area contributed by atoms with Gasteiger partial charge in [-0.2, -0.15) is 0 Å². The highest BCUT2D eigenvalue weighted by Gasteiger charge is 2.14. The molecule has 1 aliphatic rings. The molecular formula is C22H26N2O3. The quantitative estimate of drug-likeness (QED) is 0.641. The Morgan fingerprint density at radius 2 is 1.81 bits per heavy atom. The summed E-state index contributed by atoms with van der Waals surface area (Å²) in [5, 5.41) is 4.00. The summed E-state index contributed by atoms with van der Waals surface area (Å²) in [4.78, 5) is 28.3. The van der Waals surface area contributed by atoms with Crippen LogP contribution in [0.1, 0.15) is 50.5 Å². The van der Waals surface area contributed by atoms with Gasteiger partial charge in [0.1, 0.15) is 0 Å². The summed E-state index contributed by atoms with van der Waals surface area (Å²) in [6, 6.07) is 9.82. The van der Waals surface area contributed by atoms with E-state index < -0.39 is 5.97 Å². The fourth-order valence-electron chi connectivity index (χ4n) is 3.47. The molecule has 27 heavy (non-hydrogen) atoms. The second kappa shape index (κ2) is 9.86. The fourth-order valence-corrected chi connectivity index (χ4v) is 3.47. The van der Waals surface area contributed by atoms with E-state index in [9.17, 15) is 9.59 Å². The number of pyridine rings is 1. The third-order valence-electron chi connectivity index (χ3n) is 4.88. The number of rotatable bonds is 5. The molecule has 1 aromatic carbocycles. The van der Waals surface area contributed by atoms with Gasteiger partial charge in [-0.15, -0.1) is 0 Å². The van der Waals surface area contributed by atoms with Crippen molar-refractivity contribution < 1.29 is 14.3 Å². The highest BCUT2D eigenvalue weighted by molar-refractivity contribution is 5.93. The molecule has 0 atom stereocenters. The predicted octanol–water partition coefficient (Wildman–Crippen LogP) is 4.02. The molecule has 0 bridgehead atoms. The lowest BCUT2D eigenvalue weighted by Gasteiger charge is -2.20. The van der Waals surface area contributed by atoms with Gasteiger partial charge in [0.05, 0.1) is 5.52 Å². The van der Waals surface area contributed by atoms with Crippen molar-refractivity contribution in [3.8, 4) is 0 Å². The molecule has 1 amide bonds. The zero-order chi connectivity index (χ0) is 18.9. The monoisotopic (exact) mass is 366 g/mol. The van der Waals surface area contributed by atoms with Gasteiger partial charge < -0.3 is 10.1 Å². The van der Waals surface area contributed by atoms with Crippen molar-refractivity contribution in [2.45, 2.75) is 51.0 Å². The van der Waals surface area contributed by atoms with Crippen molar-refractivity contribution in [3.63, 3.8) is 0 Å². The number of ether oxygens (including phenoxy) is 1. The molecule has 2 aromatic rings. The first-order valence-electron chi connectivity index (χ1n) is 9.70. The zero-order valence-electron chi connectivity index (χ0n) is 15.5. The van der Waals surface area contributed by atoms with Crippen LogP contribution in [0.3, 0.4) is 0 Å². The van der Waals surface area contributed by atoms with Crippen molar-refractivity contribution in [1.29, 1.82) is 0 Å². The van der Waals surface area contributed by atoms with Crippen LogP contribution in [0.5, 0.6) is 0 Å². The van der Waals surface area contributed by atoms with Gasteiger partial charge in [0.2, 0.25) is 0 Å². The number of aromatic nitrogens is 1. The molecule has 3 rings (SSSR count). The summed E-state index contributed by atoms with van der Waals surface area (Å²) in [7, 11) is 0. The number of nitrogens with zero attached hydrogens (tertiary/aromatic N) is 1. The Hall–Kier alpha value is -2.69.